The van der Waals surface area contributed by atoms with Crippen molar-refractivity contribution in [3.8, 4) is 17.2 Å². The Morgan fingerprint density at radius 1 is 1.42 bits per heavy atom. The van der Waals surface area contributed by atoms with Crippen LogP contribution in [-0.2, 0) is 4.79 Å². The zero-order chi connectivity index (χ0) is 14.0. The monoisotopic (exact) mass is 285 g/mol. The number of benzene rings is 1. The molecule has 0 aromatic heterocycles. The van der Waals surface area contributed by atoms with Crippen molar-refractivity contribution in [1.29, 1.82) is 0 Å². The molecular weight excluding hydrogens is 270 g/mol. The minimum absolute atomic E-state index is 0.0619. The molecule has 0 amide bonds. The maximum atomic E-state index is 10.8. The van der Waals surface area contributed by atoms with Crippen LogP contribution in [0.3, 0.4) is 0 Å². The number of hydrogen-bond donors (Lipinski definition) is 2. The molecule has 1 aromatic rings. The molecule has 0 saturated carbocycles. The number of methoxy groups -OCH3 is 2. The normalized spacial score (nSPS) is 22.2. The summed E-state index contributed by atoms with van der Waals surface area (Å²) < 4.78 is 10.2. The number of thioether (sulfide) groups is 1. The van der Waals surface area contributed by atoms with Gasteiger partial charge in [0.1, 0.15) is 12.0 Å². The van der Waals surface area contributed by atoms with E-state index < -0.39 is 12.0 Å². The molecule has 0 unspecified atom stereocenters. The molecule has 1 saturated heterocycles. The van der Waals surface area contributed by atoms with Gasteiger partial charge in [-0.1, -0.05) is 11.8 Å². The van der Waals surface area contributed by atoms with Gasteiger partial charge in [0.25, 0.3) is 0 Å². The molecule has 104 valence electrons. The molecule has 1 fully saturated rings. The van der Waals surface area contributed by atoms with Crippen molar-refractivity contribution in [2.24, 2.45) is 0 Å². The van der Waals surface area contributed by atoms with E-state index in [1.54, 1.807) is 17.4 Å². The second kappa shape index (κ2) is 5.58. The molecular formula is C12H15NO5S. The molecule has 19 heavy (non-hydrogen) atoms. The Labute approximate surface area is 114 Å². The summed E-state index contributed by atoms with van der Waals surface area (Å²) in [7, 11) is 2.90. The second-order valence-electron chi connectivity index (χ2n) is 4.15. The van der Waals surface area contributed by atoms with Crippen molar-refractivity contribution in [3.63, 3.8) is 0 Å². The van der Waals surface area contributed by atoms with Crippen molar-refractivity contribution in [2.75, 3.05) is 20.0 Å². The van der Waals surface area contributed by atoms with Crippen molar-refractivity contribution in [3.05, 3.63) is 17.7 Å². The standard InChI is InChI=1S/C12H15NO5S/c1-17-8-3-6(4-9(18-2)10(8)14)11-13-7(5-19-11)12(15)16/h3-4,7,11,13-14H,5H2,1-2H3,(H,15,16)/t7-,11+/m1/s1. The van der Waals surface area contributed by atoms with Crippen molar-refractivity contribution in [2.45, 2.75) is 11.4 Å². The predicted octanol–water partition coefficient (Wildman–Crippen LogP) is -1.16. The average molecular weight is 285 g/mol. The fraction of sp³-hybridized carbons (Fsp3) is 0.417. The quantitative estimate of drug-likeness (QED) is 0.724. The van der Waals surface area contributed by atoms with E-state index >= 15 is 0 Å². The molecule has 0 aliphatic carbocycles. The van der Waals surface area contributed by atoms with Gasteiger partial charge in [-0.3, -0.25) is 0 Å². The number of hydrogen-bond acceptors (Lipinski definition) is 6. The number of carboxylic acid groups (broad SMARTS) is 1. The fourth-order valence-corrected chi connectivity index (χ4v) is 3.25. The molecule has 1 aromatic carbocycles. The molecule has 7 heteroatoms. The maximum Gasteiger partial charge on any atom is 0.200 e. The first-order chi connectivity index (χ1) is 9.06. The number of phenolic OH excluding ortho intramolecular Hbond substituents is 1. The van der Waals surface area contributed by atoms with Gasteiger partial charge in [0.15, 0.2) is 16.9 Å². The summed E-state index contributed by atoms with van der Waals surface area (Å²) in [5, 5.41) is 22.3. The lowest BCUT2D eigenvalue weighted by molar-refractivity contribution is -0.690. The summed E-state index contributed by atoms with van der Waals surface area (Å²) in [4.78, 5) is 10.8. The summed E-state index contributed by atoms with van der Waals surface area (Å²) >= 11 is 1.51. The number of rotatable bonds is 4. The van der Waals surface area contributed by atoms with Crippen LogP contribution in [0.25, 0.3) is 0 Å². The van der Waals surface area contributed by atoms with Crippen LogP contribution < -0.4 is 19.9 Å². The number of nitrogens with two attached hydrogens (primary N) is 1. The van der Waals surface area contributed by atoms with E-state index in [0.29, 0.717) is 17.3 Å². The zero-order valence-corrected chi connectivity index (χ0v) is 11.4. The Hall–Kier alpha value is -1.60. The van der Waals surface area contributed by atoms with Crippen LogP contribution in [0, 0.1) is 0 Å². The Bertz CT molecular complexity index is 468. The Morgan fingerprint density at radius 2 is 2.00 bits per heavy atom. The molecule has 2 rings (SSSR count). The van der Waals surface area contributed by atoms with Crippen LogP contribution in [0.1, 0.15) is 10.9 Å². The highest BCUT2D eigenvalue weighted by Gasteiger charge is 2.32. The smallest absolute Gasteiger partial charge is 0.200 e. The summed E-state index contributed by atoms with van der Waals surface area (Å²) in [6, 6.07) is 2.81. The third kappa shape index (κ3) is 2.71. The number of phenols is 1. The topological polar surface area (TPSA) is 95.4 Å². The van der Waals surface area contributed by atoms with Gasteiger partial charge in [0.2, 0.25) is 5.75 Å². The van der Waals surface area contributed by atoms with Gasteiger partial charge < -0.3 is 29.8 Å². The predicted molar refractivity (Wildman–Crippen MR) is 67.1 cm³/mol. The molecule has 2 atom stereocenters. The van der Waals surface area contributed by atoms with Crippen LogP contribution in [0.2, 0.25) is 0 Å². The number of ether oxygens (including phenoxy) is 2. The van der Waals surface area contributed by atoms with E-state index in [1.165, 1.54) is 26.0 Å². The van der Waals surface area contributed by atoms with E-state index in [4.69, 9.17) is 9.47 Å². The third-order valence-corrected chi connectivity index (χ3v) is 4.34. The van der Waals surface area contributed by atoms with Gasteiger partial charge in [-0.15, -0.1) is 0 Å². The van der Waals surface area contributed by atoms with E-state index in [-0.39, 0.29) is 11.1 Å². The van der Waals surface area contributed by atoms with E-state index in [9.17, 15) is 15.0 Å². The minimum atomic E-state index is -1.06. The summed E-state index contributed by atoms with van der Waals surface area (Å²) in [6.07, 6.45) is 0. The van der Waals surface area contributed by atoms with Crippen molar-refractivity contribution < 1.29 is 29.8 Å². The van der Waals surface area contributed by atoms with Crippen molar-refractivity contribution in [1.82, 2.24) is 0 Å². The fourth-order valence-electron chi connectivity index (χ4n) is 1.96. The molecule has 1 aliphatic heterocycles. The number of aromatic hydroxyl groups is 1. The van der Waals surface area contributed by atoms with Gasteiger partial charge >= 0.3 is 0 Å². The molecule has 0 radical (unpaired) electrons. The lowest BCUT2D eigenvalue weighted by Crippen LogP contribution is -2.90. The molecule has 0 spiro atoms. The van der Waals surface area contributed by atoms with E-state index in [2.05, 4.69) is 0 Å². The van der Waals surface area contributed by atoms with Gasteiger partial charge in [0, 0.05) is 5.56 Å². The molecule has 1 aliphatic rings. The Balaban J connectivity index is 2.28. The third-order valence-electron chi connectivity index (χ3n) is 3.00. The Morgan fingerprint density at radius 3 is 2.42 bits per heavy atom. The first-order valence-electron chi connectivity index (χ1n) is 5.69. The Kier molecular flexibility index (Phi) is 4.06. The maximum absolute atomic E-state index is 10.8. The minimum Gasteiger partial charge on any atom is -0.544 e. The van der Waals surface area contributed by atoms with E-state index in [1.807, 2.05) is 0 Å². The van der Waals surface area contributed by atoms with Crippen molar-refractivity contribution >= 4 is 17.7 Å². The summed E-state index contributed by atoms with van der Waals surface area (Å²) in [6.45, 7) is 0. The highest BCUT2D eigenvalue weighted by Crippen LogP contribution is 2.40. The van der Waals surface area contributed by atoms with Crippen LogP contribution in [0.4, 0.5) is 0 Å². The second-order valence-corrected chi connectivity index (χ2v) is 5.32. The largest absolute Gasteiger partial charge is 0.544 e. The average Bonchev–Trinajstić information content (AvgIpc) is 2.89. The summed E-state index contributed by atoms with van der Waals surface area (Å²) in [5.41, 5.74) is 0.834. The first-order valence-corrected chi connectivity index (χ1v) is 6.74. The molecule has 1 heterocycles. The van der Waals surface area contributed by atoms with Gasteiger partial charge in [-0.05, 0) is 12.1 Å². The van der Waals surface area contributed by atoms with Gasteiger partial charge in [0.05, 0.1) is 20.0 Å². The lowest BCUT2D eigenvalue weighted by atomic mass is 10.1. The van der Waals surface area contributed by atoms with Crippen LogP contribution in [0.5, 0.6) is 17.2 Å². The molecule has 0 bridgehead atoms. The van der Waals surface area contributed by atoms with Crippen LogP contribution >= 0.6 is 11.8 Å². The summed E-state index contributed by atoms with van der Waals surface area (Å²) in [5.74, 6) is -0.0280. The van der Waals surface area contributed by atoms with Gasteiger partial charge in [-0.25, -0.2) is 0 Å². The highest BCUT2D eigenvalue weighted by molar-refractivity contribution is 7.99. The zero-order valence-electron chi connectivity index (χ0n) is 10.6. The van der Waals surface area contributed by atoms with Crippen LogP contribution in [0.15, 0.2) is 12.1 Å². The number of carbonyl (C=O) groups excluding carboxylic acids is 1. The SMILES string of the molecule is COc1cc([C@H]2[NH2+][C@@H](C(=O)[O-])CS2)cc(OC)c1O. The molecule has 6 nitrogen and oxygen atoms in total. The van der Waals surface area contributed by atoms with Crippen LogP contribution in [-0.4, -0.2) is 37.1 Å². The highest BCUT2D eigenvalue weighted by atomic mass is 32.2. The van der Waals surface area contributed by atoms with Gasteiger partial charge in [-0.2, -0.15) is 0 Å². The number of carboxylic acids is 1. The van der Waals surface area contributed by atoms with E-state index in [0.717, 1.165) is 5.56 Å². The number of quaternary nitrogens is 1. The lowest BCUT2D eigenvalue weighted by Gasteiger charge is -2.14. The number of carbonyl (C=O) groups is 1. The first kappa shape index (κ1) is 13.8. The number of aliphatic carboxylic acids is 1. The molecule has 3 N–H and O–H groups in total.